The topological polar surface area (TPSA) is 28.2 Å². The van der Waals surface area contributed by atoms with Gasteiger partial charge < -0.3 is 10.2 Å². The summed E-state index contributed by atoms with van der Waals surface area (Å²) in [4.78, 5) is 5.57. The van der Waals surface area contributed by atoms with Gasteiger partial charge in [-0.25, -0.2) is 4.98 Å². The number of halogens is 3. The number of alkyl halides is 3. The van der Waals surface area contributed by atoms with Crippen LogP contribution in [0.25, 0.3) is 0 Å². The minimum Gasteiger partial charge on any atom is -0.369 e. The number of hydrogen-bond donors (Lipinski definition) is 1. The molecule has 18 heavy (non-hydrogen) atoms. The highest BCUT2D eigenvalue weighted by molar-refractivity contribution is 5.49. The fourth-order valence-electron chi connectivity index (χ4n) is 2.75. The zero-order valence-corrected chi connectivity index (χ0v) is 9.80. The third-order valence-corrected chi connectivity index (χ3v) is 3.79. The van der Waals surface area contributed by atoms with Gasteiger partial charge in [0.25, 0.3) is 0 Å². The highest BCUT2D eigenvalue weighted by Gasteiger charge is 2.45. The van der Waals surface area contributed by atoms with Crippen LogP contribution in [0, 0.1) is 5.41 Å². The standard InChI is InChI=1S/C12H14F3N3/c13-12(14,15)10-2-1-9(5-17-10)18-7-11(8-18)3-4-16-6-11/h1-2,5,16H,3-4,6-8H2. The van der Waals surface area contributed by atoms with Crippen LogP contribution in [-0.4, -0.2) is 31.2 Å². The van der Waals surface area contributed by atoms with Crippen LogP contribution in [0.4, 0.5) is 18.9 Å². The van der Waals surface area contributed by atoms with Gasteiger partial charge in [0.2, 0.25) is 0 Å². The van der Waals surface area contributed by atoms with E-state index in [4.69, 9.17) is 0 Å². The third kappa shape index (κ3) is 1.94. The minimum atomic E-state index is -4.36. The summed E-state index contributed by atoms with van der Waals surface area (Å²) in [5.74, 6) is 0. The predicted octanol–water partition coefficient (Wildman–Crippen LogP) is 1.90. The third-order valence-electron chi connectivity index (χ3n) is 3.79. The molecule has 3 heterocycles. The molecule has 3 nitrogen and oxygen atoms in total. The molecule has 0 radical (unpaired) electrons. The zero-order valence-electron chi connectivity index (χ0n) is 9.80. The average molecular weight is 257 g/mol. The van der Waals surface area contributed by atoms with Crippen molar-refractivity contribution in [3.63, 3.8) is 0 Å². The molecule has 1 aromatic heterocycles. The first kappa shape index (κ1) is 11.8. The van der Waals surface area contributed by atoms with E-state index in [1.54, 1.807) is 0 Å². The van der Waals surface area contributed by atoms with Gasteiger partial charge in [-0.05, 0) is 25.1 Å². The molecule has 0 aromatic carbocycles. The van der Waals surface area contributed by atoms with E-state index in [1.165, 1.54) is 12.3 Å². The van der Waals surface area contributed by atoms with Crippen molar-refractivity contribution in [2.45, 2.75) is 12.6 Å². The maximum Gasteiger partial charge on any atom is 0.433 e. The van der Waals surface area contributed by atoms with Crippen molar-refractivity contribution in [1.29, 1.82) is 0 Å². The van der Waals surface area contributed by atoms with Crippen LogP contribution < -0.4 is 10.2 Å². The average Bonchev–Trinajstić information content (AvgIpc) is 2.75. The molecule has 0 aliphatic carbocycles. The second kappa shape index (κ2) is 3.85. The first-order valence-electron chi connectivity index (χ1n) is 5.98. The quantitative estimate of drug-likeness (QED) is 0.833. The van der Waals surface area contributed by atoms with Crippen molar-refractivity contribution in [3.05, 3.63) is 24.0 Å². The van der Waals surface area contributed by atoms with Crippen LogP contribution in [0.5, 0.6) is 0 Å². The van der Waals surface area contributed by atoms with E-state index < -0.39 is 11.9 Å². The molecule has 0 unspecified atom stereocenters. The Balaban J connectivity index is 1.68. The van der Waals surface area contributed by atoms with E-state index in [0.717, 1.165) is 44.4 Å². The second-order valence-electron chi connectivity index (χ2n) is 5.18. The highest BCUT2D eigenvalue weighted by Crippen LogP contribution is 2.39. The first-order valence-corrected chi connectivity index (χ1v) is 5.98. The number of aromatic nitrogens is 1. The Morgan fingerprint density at radius 3 is 2.56 bits per heavy atom. The van der Waals surface area contributed by atoms with Gasteiger partial charge >= 0.3 is 6.18 Å². The number of hydrogen-bond acceptors (Lipinski definition) is 3. The van der Waals surface area contributed by atoms with E-state index in [9.17, 15) is 13.2 Å². The van der Waals surface area contributed by atoms with Gasteiger partial charge in [0.1, 0.15) is 5.69 Å². The van der Waals surface area contributed by atoms with Gasteiger partial charge in [-0.2, -0.15) is 13.2 Å². The lowest BCUT2D eigenvalue weighted by Gasteiger charge is -2.49. The molecule has 1 aromatic rings. The molecule has 0 saturated carbocycles. The molecule has 2 aliphatic rings. The molecule has 1 N–H and O–H groups in total. The van der Waals surface area contributed by atoms with Gasteiger partial charge in [0, 0.05) is 25.0 Å². The summed E-state index contributed by atoms with van der Waals surface area (Å²) >= 11 is 0. The smallest absolute Gasteiger partial charge is 0.369 e. The van der Waals surface area contributed by atoms with Gasteiger partial charge in [0.15, 0.2) is 0 Å². The van der Waals surface area contributed by atoms with E-state index in [0.29, 0.717) is 5.41 Å². The maximum absolute atomic E-state index is 12.4. The minimum absolute atomic E-state index is 0.336. The Labute approximate surface area is 103 Å². The highest BCUT2D eigenvalue weighted by atomic mass is 19.4. The van der Waals surface area contributed by atoms with Crippen molar-refractivity contribution >= 4 is 5.69 Å². The van der Waals surface area contributed by atoms with Crippen LogP contribution in [0.1, 0.15) is 12.1 Å². The summed E-state index contributed by atoms with van der Waals surface area (Å²) in [5.41, 5.74) is 0.285. The number of nitrogens with zero attached hydrogens (tertiary/aromatic N) is 2. The zero-order chi connectivity index (χ0) is 12.8. The summed E-state index contributed by atoms with van der Waals surface area (Å²) in [6.07, 6.45) is -1.89. The molecule has 1 spiro atoms. The SMILES string of the molecule is FC(F)(F)c1ccc(N2CC3(CCNC3)C2)cn1. The van der Waals surface area contributed by atoms with Gasteiger partial charge in [-0.3, -0.25) is 0 Å². The molecule has 0 bridgehead atoms. The number of pyridine rings is 1. The van der Waals surface area contributed by atoms with E-state index in [-0.39, 0.29) is 0 Å². The van der Waals surface area contributed by atoms with Crippen LogP contribution in [0.2, 0.25) is 0 Å². The Hall–Kier alpha value is -1.30. The number of nitrogens with one attached hydrogen (secondary N) is 1. The van der Waals surface area contributed by atoms with Crippen LogP contribution >= 0.6 is 0 Å². The van der Waals surface area contributed by atoms with Crippen LogP contribution in [0.3, 0.4) is 0 Å². The summed E-state index contributed by atoms with van der Waals surface area (Å²) in [6, 6.07) is 2.55. The molecule has 6 heteroatoms. The normalized spacial score (nSPS) is 22.3. The summed E-state index contributed by atoms with van der Waals surface area (Å²) in [7, 11) is 0. The lowest BCUT2D eigenvalue weighted by molar-refractivity contribution is -0.141. The number of anilines is 1. The lowest BCUT2D eigenvalue weighted by Crippen LogP contribution is -2.57. The Bertz CT molecular complexity index is 427. The number of rotatable bonds is 1. The molecular formula is C12H14F3N3. The molecule has 0 atom stereocenters. The first-order chi connectivity index (χ1) is 8.49. The molecule has 2 saturated heterocycles. The lowest BCUT2D eigenvalue weighted by atomic mass is 9.79. The van der Waals surface area contributed by atoms with Crippen molar-refractivity contribution < 1.29 is 13.2 Å². The second-order valence-corrected chi connectivity index (χ2v) is 5.18. The van der Waals surface area contributed by atoms with E-state index in [2.05, 4.69) is 15.2 Å². The molecule has 98 valence electrons. The van der Waals surface area contributed by atoms with Gasteiger partial charge in [-0.15, -0.1) is 0 Å². The Kier molecular flexibility index (Phi) is 2.52. The maximum atomic E-state index is 12.4. The predicted molar refractivity (Wildman–Crippen MR) is 61.4 cm³/mol. The largest absolute Gasteiger partial charge is 0.433 e. The van der Waals surface area contributed by atoms with Crippen LogP contribution in [0.15, 0.2) is 18.3 Å². The molecule has 2 aliphatic heterocycles. The molecule has 2 fully saturated rings. The molecular weight excluding hydrogens is 243 g/mol. The summed E-state index contributed by atoms with van der Waals surface area (Å²) in [5, 5.41) is 3.32. The van der Waals surface area contributed by atoms with Crippen molar-refractivity contribution in [2.24, 2.45) is 5.41 Å². The molecule has 0 amide bonds. The van der Waals surface area contributed by atoms with E-state index in [1.807, 2.05) is 0 Å². The summed E-state index contributed by atoms with van der Waals surface area (Å²) < 4.78 is 37.1. The van der Waals surface area contributed by atoms with Crippen molar-refractivity contribution in [2.75, 3.05) is 31.1 Å². The fraction of sp³-hybridized carbons (Fsp3) is 0.583. The Morgan fingerprint density at radius 1 is 1.28 bits per heavy atom. The fourth-order valence-corrected chi connectivity index (χ4v) is 2.75. The van der Waals surface area contributed by atoms with Gasteiger partial charge in [-0.1, -0.05) is 0 Å². The molecule has 3 rings (SSSR count). The van der Waals surface area contributed by atoms with Crippen LogP contribution in [-0.2, 0) is 6.18 Å². The monoisotopic (exact) mass is 257 g/mol. The van der Waals surface area contributed by atoms with Crippen molar-refractivity contribution in [3.8, 4) is 0 Å². The van der Waals surface area contributed by atoms with Gasteiger partial charge in [0.05, 0.1) is 11.9 Å². The van der Waals surface area contributed by atoms with E-state index >= 15 is 0 Å². The van der Waals surface area contributed by atoms with Crippen molar-refractivity contribution in [1.82, 2.24) is 10.3 Å². The summed E-state index contributed by atoms with van der Waals surface area (Å²) in [6.45, 7) is 3.87. The Morgan fingerprint density at radius 2 is 2.06 bits per heavy atom.